The molecule has 0 atom stereocenters. The molecule has 0 amide bonds. The first-order chi connectivity index (χ1) is 14.5. The molecular formula is C18H12N4O6S2. The fraction of sp³-hybridized carbons (Fsp3) is 0.111. The van der Waals surface area contributed by atoms with Crippen LogP contribution in [0.1, 0.15) is 11.4 Å². The lowest BCUT2D eigenvalue weighted by molar-refractivity contribution is -0.141. The monoisotopic (exact) mass is 444 g/mol. The van der Waals surface area contributed by atoms with E-state index < -0.39 is 11.9 Å². The first-order valence-electron chi connectivity index (χ1n) is 8.43. The molecule has 152 valence electrons. The van der Waals surface area contributed by atoms with Crippen molar-refractivity contribution in [2.24, 2.45) is 0 Å². The SMILES string of the molecule is O=C(/C=C/C(=O)OCc1cc(=O)n2ccsc2n1)OCc1cc(=O)n2ccsc2n1. The minimum Gasteiger partial charge on any atom is -0.456 e. The normalized spacial score (nSPS) is 11.3. The molecule has 30 heavy (non-hydrogen) atoms. The van der Waals surface area contributed by atoms with Crippen molar-refractivity contribution in [3.63, 3.8) is 0 Å². The third-order valence-corrected chi connectivity index (χ3v) is 5.31. The van der Waals surface area contributed by atoms with Crippen LogP contribution in [0.4, 0.5) is 0 Å². The van der Waals surface area contributed by atoms with Crippen LogP contribution >= 0.6 is 22.7 Å². The number of fused-ring (bicyclic) bond motifs is 2. The summed E-state index contributed by atoms with van der Waals surface area (Å²) in [5.41, 5.74) is 0.0435. The average Bonchev–Trinajstić information content (AvgIpc) is 3.39. The third kappa shape index (κ3) is 4.34. The molecule has 0 aliphatic rings. The Morgan fingerprint density at radius 3 is 1.70 bits per heavy atom. The highest BCUT2D eigenvalue weighted by molar-refractivity contribution is 7.15. The summed E-state index contributed by atoms with van der Waals surface area (Å²) in [7, 11) is 0. The quantitative estimate of drug-likeness (QED) is 0.321. The summed E-state index contributed by atoms with van der Waals surface area (Å²) < 4.78 is 12.7. The van der Waals surface area contributed by atoms with Crippen LogP contribution in [0.2, 0.25) is 0 Å². The Balaban J connectivity index is 1.30. The highest BCUT2D eigenvalue weighted by Gasteiger charge is 2.08. The highest BCUT2D eigenvalue weighted by Crippen LogP contribution is 2.08. The molecule has 4 aromatic rings. The molecular weight excluding hydrogens is 432 g/mol. The number of hydrogen-bond donors (Lipinski definition) is 0. The maximum atomic E-state index is 11.9. The van der Waals surface area contributed by atoms with Gasteiger partial charge in [-0.3, -0.25) is 18.4 Å². The number of rotatable bonds is 6. The molecule has 0 bridgehead atoms. The molecule has 4 heterocycles. The second kappa shape index (κ2) is 8.39. The van der Waals surface area contributed by atoms with E-state index >= 15 is 0 Å². The highest BCUT2D eigenvalue weighted by atomic mass is 32.1. The first-order valence-corrected chi connectivity index (χ1v) is 10.2. The maximum absolute atomic E-state index is 11.9. The molecule has 4 rings (SSSR count). The third-order valence-electron chi connectivity index (χ3n) is 3.79. The number of nitrogens with zero attached hydrogens (tertiary/aromatic N) is 4. The number of ether oxygens (including phenoxy) is 2. The van der Waals surface area contributed by atoms with Crippen LogP contribution in [0, 0.1) is 0 Å². The second-order valence-corrected chi connectivity index (χ2v) is 7.58. The number of hydrogen-bond acceptors (Lipinski definition) is 10. The predicted octanol–water partition coefficient (Wildman–Crippen LogP) is 1.17. The van der Waals surface area contributed by atoms with Gasteiger partial charge in [-0.2, -0.15) is 0 Å². The van der Waals surface area contributed by atoms with Crippen molar-refractivity contribution >= 4 is 44.5 Å². The minimum atomic E-state index is -0.795. The van der Waals surface area contributed by atoms with E-state index in [0.29, 0.717) is 21.3 Å². The smallest absolute Gasteiger partial charge is 0.331 e. The van der Waals surface area contributed by atoms with Gasteiger partial charge in [0.25, 0.3) is 11.1 Å². The van der Waals surface area contributed by atoms with Crippen LogP contribution < -0.4 is 11.1 Å². The summed E-state index contributed by atoms with van der Waals surface area (Å²) >= 11 is 2.56. The molecule has 10 nitrogen and oxygen atoms in total. The molecule has 0 radical (unpaired) electrons. The van der Waals surface area contributed by atoms with Crippen molar-refractivity contribution in [2.45, 2.75) is 13.2 Å². The Hall–Kier alpha value is -3.64. The largest absolute Gasteiger partial charge is 0.456 e. The summed E-state index contributed by atoms with van der Waals surface area (Å²) in [6.07, 6.45) is 5.02. The molecule has 12 heteroatoms. The van der Waals surface area contributed by atoms with Crippen molar-refractivity contribution < 1.29 is 19.1 Å². The molecule has 0 N–H and O–H groups in total. The Kier molecular flexibility index (Phi) is 5.50. The Bertz CT molecular complexity index is 1290. The molecule has 0 unspecified atom stereocenters. The number of thiazole rings is 2. The number of carbonyl (C=O) groups is 2. The van der Waals surface area contributed by atoms with Gasteiger partial charge in [0, 0.05) is 47.4 Å². The number of aromatic nitrogens is 4. The van der Waals surface area contributed by atoms with Crippen molar-refractivity contribution in [1.29, 1.82) is 0 Å². The Labute approximate surface area is 175 Å². The fourth-order valence-electron chi connectivity index (χ4n) is 2.45. The summed E-state index contributed by atoms with van der Waals surface area (Å²) in [5.74, 6) is -1.59. The van der Waals surface area contributed by atoms with Crippen LogP contribution in [-0.2, 0) is 32.3 Å². The Morgan fingerprint density at radius 1 is 0.833 bits per heavy atom. The van der Waals surface area contributed by atoms with Crippen molar-refractivity contribution in [3.8, 4) is 0 Å². The standard InChI is InChI=1S/C18H12N4O6S2/c23-13-7-11(19-17-21(13)3-5-29-17)9-27-15(25)1-2-16(26)28-10-12-8-14(24)22-4-6-30-18(22)20-12/h1-8H,9-10H2/b2-1+. The molecule has 0 aliphatic carbocycles. The molecule has 4 aromatic heterocycles. The van der Waals surface area contributed by atoms with E-state index in [0.717, 1.165) is 12.2 Å². The van der Waals surface area contributed by atoms with Gasteiger partial charge in [-0.25, -0.2) is 19.6 Å². The van der Waals surface area contributed by atoms with Gasteiger partial charge >= 0.3 is 11.9 Å². The van der Waals surface area contributed by atoms with Crippen molar-refractivity contribution in [3.05, 3.63) is 79.5 Å². The maximum Gasteiger partial charge on any atom is 0.331 e. The summed E-state index contributed by atoms with van der Waals surface area (Å²) in [6.45, 7) is -0.424. The van der Waals surface area contributed by atoms with Crippen LogP contribution in [0.3, 0.4) is 0 Å². The van der Waals surface area contributed by atoms with Gasteiger partial charge in [-0.1, -0.05) is 0 Å². The van der Waals surface area contributed by atoms with Gasteiger partial charge < -0.3 is 9.47 Å². The number of esters is 2. The second-order valence-electron chi connectivity index (χ2n) is 5.83. The van der Waals surface area contributed by atoms with Crippen molar-refractivity contribution in [1.82, 2.24) is 18.8 Å². The lowest BCUT2D eigenvalue weighted by atomic mass is 10.4. The van der Waals surface area contributed by atoms with Gasteiger partial charge in [-0.15, -0.1) is 22.7 Å². The van der Waals surface area contributed by atoms with E-state index in [-0.39, 0.29) is 24.3 Å². The summed E-state index contributed by atoms with van der Waals surface area (Å²) in [4.78, 5) is 56.7. The number of carbonyl (C=O) groups excluding carboxylic acids is 2. The van der Waals surface area contributed by atoms with Gasteiger partial charge in [0.1, 0.15) is 13.2 Å². The zero-order chi connectivity index (χ0) is 21.1. The van der Waals surface area contributed by atoms with Crippen LogP contribution in [0.15, 0.2) is 57.0 Å². The zero-order valence-corrected chi connectivity index (χ0v) is 16.7. The molecule has 0 aliphatic heterocycles. The van der Waals surface area contributed by atoms with Gasteiger partial charge in [-0.05, 0) is 0 Å². The zero-order valence-electron chi connectivity index (χ0n) is 15.1. The lowest BCUT2D eigenvalue weighted by Gasteiger charge is -2.03. The average molecular weight is 444 g/mol. The Morgan fingerprint density at radius 2 is 1.27 bits per heavy atom. The predicted molar refractivity (Wildman–Crippen MR) is 107 cm³/mol. The van der Waals surface area contributed by atoms with Gasteiger partial charge in [0.15, 0.2) is 9.92 Å². The summed E-state index contributed by atoms with van der Waals surface area (Å²) in [5, 5.41) is 3.44. The van der Waals surface area contributed by atoms with Crippen LogP contribution in [0.25, 0.3) is 9.92 Å². The van der Waals surface area contributed by atoms with Gasteiger partial charge in [0.2, 0.25) is 0 Å². The van der Waals surface area contributed by atoms with E-state index in [2.05, 4.69) is 9.97 Å². The van der Waals surface area contributed by atoms with E-state index in [4.69, 9.17) is 9.47 Å². The van der Waals surface area contributed by atoms with E-state index in [1.807, 2.05) is 0 Å². The van der Waals surface area contributed by atoms with Crippen molar-refractivity contribution in [2.75, 3.05) is 0 Å². The molecule has 0 spiro atoms. The topological polar surface area (TPSA) is 121 Å². The molecule has 0 saturated heterocycles. The van der Waals surface area contributed by atoms with E-state index in [1.54, 1.807) is 23.2 Å². The molecule has 0 aromatic carbocycles. The van der Waals surface area contributed by atoms with E-state index in [9.17, 15) is 19.2 Å². The summed E-state index contributed by atoms with van der Waals surface area (Å²) in [6, 6.07) is 2.54. The van der Waals surface area contributed by atoms with Crippen LogP contribution in [0.5, 0.6) is 0 Å². The first kappa shape index (κ1) is 19.7. The fourth-order valence-corrected chi connectivity index (χ4v) is 3.92. The van der Waals surface area contributed by atoms with Gasteiger partial charge in [0.05, 0.1) is 11.4 Å². The lowest BCUT2D eigenvalue weighted by Crippen LogP contribution is -2.14. The minimum absolute atomic E-state index is 0.212. The molecule has 0 saturated carbocycles. The molecule has 0 fully saturated rings. The van der Waals surface area contributed by atoms with E-state index in [1.165, 1.54) is 43.6 Å². The van der Waals surface area contributed by atoms with Crippen LogP contribution in [-0.4, -0.2) is 30.7 Å².